The number of carbonyl (C=O) groups excluding carboxylic acids is 2. The standard InChI is InChI=1S/C20H20BrFN2O3/c1-23(11-12-27-17-7-5-15(22)6-8-17)19(25)18-9-10-24(20(18)26)16-4-2-3-14(21)13-16/h2-8,13,18H,9-12H2,1H3/t18-/m0/s1. The highest BCUT2D eigenvalue weighted by Gasteiger charge is 2.38. The molecule has 2 aromatic carbocycles. The topological polar surface area (TPSA) is 49.9 Å². The SMILES string of the molecule is CN(CCOc1ccc(F)cc1)C(=O)[C@@H]1CCN(c2cccc(Br)c2)C1=O. The molecule has 2 amide bonds. The number of anilines is 1. The second kappa shape index (κ2) is 8.52. The third-order valence-electron chi connectivity index (χ3n) is 4.51. The molecule has 0 saturated carbocycles. The van der Waals surface area contributed by atoms with Gasteiger partial charge in [0.2, 0.25) is 11.8 Å². The second-order valence-corrected chi connectivity index (χ2v) is 7.29. The van der Waals surface area contributed by atoms with E-state index in [-0.39, 0.29) is 24.2 Å². The van der Waals surface area contributed by atoms with Crippen molar-refractivity contribution >= 4 is 33.4 Å². The molecule has 5 nitrogen and oxygen atoms in total. The van der Waals surface area contributed by atoms with Gasteiger partial charge in [0, 0.05) is 23.8 Å². The monoisotopic (exact) mass is 434 g/mol. The Kier molecular flexibility index (Phi) is 6.11. The molecule has 0 spiro atoms. The van der Waals surface area contributed by atoms with Gasteiger partial charge in [0.15, 0.2) is 0 Å². The fraction of sp³-hybridized carbons (Fsp3) is 0.300. The fourth-order valence-corrected chi connectivity index (χ4v) is 3.40. The van der Waals surface area contributed by atoms with Gasteiger partial charge in [-0.15, -0.1) is 0 Å². The molecular formula is C20H20BrFN2O3. The molecule has 1 atom stereocenters. The van der Waals surface area contributed by atoms with E-state index in [0.717, 1.165) is 10.2 Å². The highest BCUT2D eigenvalue weighted by molar-refractivity contribution is 9.10. The molecule has 1 aliphatic rings. The van der Waals surface area contributed by atoms with Crippen LogP contribution in [-0.2, 0) is 9.59 Å². The quantitative estimate of drug-likeness (QED) is 0.653. The summed E-state index contributed by atoms with van der Waals surface area (Å²) in [4.78, 5) is 28.5. The van der Waals surface area contributed by atoms with Crippen molar-refractivity contribution in [2.75, 3.05) is 31.6 Å². The maximum absolute atomic E-state index is 12.9. The van der Waals surface area contributed by atoms with Crippen molar-refractivity contribution in [3.05, 3.63) is 58.8 Å². The molecule has 7 heteroatoms. The van der Waals surface area contributed by atoms with Gasteiger partial charge in [-0.05, 0) is 48.9 Å². The lowest BCUT2D eigenvalue weighted by molar-refractivity contribution is -0.139. The highest BCUT2D eigenvalue weighted by atomic mass is 79.9. The Balaban J connectivity index is 1.54. The van der Waals surface area contributed by atoms with Crippen LogP contribution in [0.25, 0.3) is 0 Å². The molecule has 0 unspecified atom stereocenters. The predicted molar refractivity (Wildman–Crippen MR) is 104 cm³/mol. The van der Waals surface area contributed by atoms with Crippen LogP contribution in [-0.4, -0.2) is 43.5 Å². The number of rotatable bonds is 6. The van der Waals surface area contributed by atoms with Crippen LogP contribution in [0.3, 0.4) is 0 Å². The third kappa shape index (κ3) is 4.66. The predicted octanol–water partition coefficient (Wildman–Crippen LogP) is 3.48. The van der Waals surface area contributed by atoms with Gasteiger partial charge in [-0.3, -0.25) is 9.59 Å². The van der Waals surface area contributed by atoms with Gasteiger partial charge >= 0.3 is 0 Å². The first-order chi connectivity index (χ1) is 13.0. The molecule has 1 aliphatic heterocycles. The molecule has 1 fully saturated rings. The van der Waals surface area contributed by atoms with E-state index in [4.69, 9.17) is 4.74 Å². The van der Waals surface area contributed by atoms with Crippen LogP contribution in [0.2, 0.25) is 0 Å². The van der Waals surface area contributed by atoms with Gasteiger partial charge in [0.1, 0.15) is 24.1 Å². The second-order valence-electron chi connectivity index (χ2n) is 6.37. The molecule has 0 radical (unpaired) electrons. The minimum absolute atomic E-state index is 0.176. The Morgan fingerprint density at radius 3 is 2.74 bits per heavy atom. The van der Waals surface area contributed by atoms with Gasteiger partial charge < -0.3 is 14.5 Å². The number of hydrogen-bond donors (Lipinski definition) is 0. The summed E-state index contributed by atoms with van der Waals surface area (Å²) in [6.07, 6.45) is 0.493. The molecule has 142 valence electrons. The van der Waals surface area contributed by atoms with Crippen molar-refractivity contribution in [3.63, 3.8) is 0 Å². The third-order valence-corrected chi connectivity index (χ3v) is 5.00. The van der Waals surface area contributed by atoms with Crippen LogP contribution in [0, 0.1) is 11.7 Å². The van der Waals surface area contributed by atoms with Crippen LogP contribution >= 0.6 is 15.9 Å². The van der Waals surface area contributed by atoms with Crippen molar-refractivity contribution in [1.82, 2.24) is 4.90 Å². The molecule has 1 heterocycles. The van der Waals surface area contributed by atoms with Crippen molar-refractivity contribution in [1.29, 1.82) is 0 Å². The number of nitrogens with zero attached hydrogens (tertiary/aromatic N) is 2. The fourth-order valence-electron chi connectivity index (χ4n) is 3.02. The maximum Gasteiger partial charge on any atom is 0.239 e. The molecule has 27 heavy (non-hydrogen) atoms. The minimum Gasteiger partial charge on any atom is -0.492 e. The van der Waals surface area contributed by atoms with Gasteiger partial charge in [-0.1, -0.05) is 22.0 Å². The zero-order chi connectivity index (χ0) is 19.4. The van der Waals surface area contributed by atoms with E-state index in [1.165, 1.54) is 29.2 Å². The number of halogens is 2. The molecule has 0 N–H and O–H groups in total. The highest BCUT2D eigenvalue weighted by Crippen LogP contribution is 2.28. The summed E-state index contributed by atoms with van der Waals surface area (Å²) in [5.41, 5.74) is 0.784. The number of likely N-dealkylation sites (N-methyl/N-ethyl adjacent to an activating group) is 1. The molecule has 0 aliphatic carbocycles. The summed E-state index contributed by atoms with van der Waals surface area (Å²) in [7, 11) is 1.66. The normalized spacial score (nSPS) is 16.5. The van der Waals surface area contributed by atoms with Gasteiger partial charge in [0.05, 0.1) is 6.54 Å². The summed E-state index contributed by atoms with van der Waals surface area (Å²) in [6.45, 7) is 1.13. The van der Waals surface area contributed by atoms with E-state index in [2.05, 4.69) is 15.9 Å². The lowest BCUT2D eigenvalue weighted by Crippen LogP contribution is -2.39. The van der Waals surface area contributed by atoms with E-state index in [9.17, 15) is 14.0 Å². The first kappa shape index (κ1) is 19.4. The van der Waals surface area contributed by atoms with E-state index in [0.29, 0.717) is 25.3 Å². The van der Waals surface area contributed by atoms with Crippen molar-refractivity contribution in [2.24, 2.45) is 5.92 Å². The van der Waals surface area contributed by atoms with Gasteiger partial charge in [-0.2, -0.15) is 0 Å². The van der Waals surface area contributed by atoms with Crippen molar-refractivity contribution < 1.29 is 18.7 Å². The van der Waals surface area contributed by atoms with Crippen molar-refractivity contribution in [2.45, 2.75) is 6.42 Å². The molecule has 2 aromatic rings. The minimum atomic E-state index is -0.667. The smallest absolute Gasteiger partial charge is 0.239 e. The lowest BCUT2D eigenvalue weighted by Gasteiger charge is -2.21. The largest absolute Gasteiger partial charge is 0.492 e. The molecular weight excluding hydrogens is 415 g/mol. The number of benzene rings is 2. The number of ether oxygens (including phenoxy) is 1. The molecule has 3 rings (SSSR count). The zero-order valence-electron chi connectivity index (χ0n) is 14.9. The number of carbonyl (C=O) groups is 2. The van der Waals surface area contributed by atoms with Crippen LogP contribution < -0.4 is 9.64 Å². The Bertz CT molecular complexity index is 828. The first-order valence-corrected chi connectivity index (χ1v) is 9.45. The average molecular weight is 435 g/mol. The van der Waals surface area contributed by atoms with E-state index >= 15 is 0 Å². The van der Waals surface area contributed by atoms with Gasteiger partial charge in [-0.25, -0.2) is 4.39 Å². The lowest BCUT2D eigenvalue weighted by atomic mass is 10.1. The number of hydrogen-bond acceptors (Lipinski definition) is 3. The van der Waals surface area contributed by atoms with Crippen LogP contribution in [0.15, 0.2) is 53.0 Å². The number of amides is 2. The molecule has 0 bridgehead atoms. The van der Waals surface area contributed by atoms with Crippen molar-refractivity contribution in [3.8, 4) is 5.75 Å². The summed E-state index contributed by atoms with van der Waals surface area (Å²) >= 11 is 3.40. The first-order valence-electron chi connectivity index (χ1n) is 8.66. The maximum atomic E-state index is 12.9. The zero-order valence-corrected chi connectivity index (χ0v) is 16.5. The Morgan fingerprint density at radius 1 is 1.30 bits per heavy atom. The summed E-state index contributed by atoms with van der Waals surface area (Å²) in [6, 6.07) is 13.2. The molecule has 1 saturated heterocycles. The van der Waals surface area contributed by atoms with E-state index in [1.807, 2.05) is 24.3 Å². The van der Waals surface area contributed by atoms with E-state index in [1.54, 1.807) is 11.9 Å². The Labute approximate surface area is 165 Å². The summed E-state index contributed by atoms with van der Waals surface area (Å²) in [5, 5.41) is 0. The van der Waals surface area contributed by atoms with E-state index < -0.39 is 5.92 Å². The van der Waals surface area contributed by atoms with Gasteiger partial charge in [0.25, 0.3) is 0 Å². The van der Waals surface area contributed by atoms with Crippen LogP contribution in [0.4, 0.5) is 10.1 Å². The van der Waals surface area contributed by atoms with Crippen LogP contribution in [0.1, 0.15) is 6.42 Å². The average Bonchev–Trinajstić information content (AvgIpc) is 3.04. The Hall–Kier alpha value is -2.41. The summed E-state index contributed by atoms with van der Waals surface area (Å²) < 4.78 is 19.3. The Morgan fingerprint density at radius 2 is 2.04 bits per heavy atom. The van der Waals surface area contributed by atoms with Crippen LogP contribution in [0.5, 0.6) is 5.75 Å². The summed E-state index contributed by atoms with van der Waals surface area (Å²) in [5.74, 6) is -0.844. The molecule has 0 aromatic heterocycles.